The van der Waals surface area contributed by atoms with Crippen molar-refractivity contribution < 1.29 is 14.3 Å². The van der Waals surface area contributed by atoms with E-state index in [0.717, 1.165) is 11.8 Å². The van der Waals surface area contributed by atoms with Crippen molar-refractivity contribution in [2.75, 3.05) is 19.5 Å². The van der Waals surface area contributed by atoms with Crippen molar-refractivity contribution in [1.29, 1.82) is 0 Å². The smallest absolute Gasteiger partial charge is 0.269 e. The minimum Gasteiger partial charge on any atom is -0.383 e. The average Bonchev–Trinajstić information content (AvgIpc) is 2.76. The zero-order valence-corrected chi connectivity index (χ0v) is 17.6. The van der Waals surface area contributed by atoms with Crippen molar-refractivity contribution in [3.63, 3.8) is 0 Å². The molecule has 2 aromatic carbocycles. The van der Waals surface area contributed by atoms with Gasteiger partial charge in [-0.2, -0.15) is 0 Å². The van der Waals surface area contributed by atoms with Gasteiger partial charge in [0.25, 0.3) is 11.5 Å². The Labute approximate surface area is 181 Å². The summed E-state index contributed by atoms with van der Waals surface area (Å²) >= 11 is 6.89. The van der Waals surface area contributed by atoms with Gasteiger partial charge >= 0.3 is 0 Å². The number of carbonyl (C=O) groups excluding carboxylic acids is 2. The van der Waals surface area contributed by atoms with E-state index in [1.54, 1.807) is 55.6 Å². The van der Waals surface area contributed by atoms with E-state index in [4.69, 9.17) is 16.3 Å². The van der Waals surface area contributed by atoms with Crippen molar-refractivity contribution in [2.45, 2.75) is 11.7 Å². The highest BCUT2D eigenvalue weighted by Gasteiger charge is 2.14. The van der Waals surface area contributed by atoms with Gasteiger partial charge < -0.3 is 4.74 Å². The van der Waals surface area contributed by atoms with E-state index >= 15 is 0 Å². The molecule has 2 N–H and O–H groups in total. The number of carbonyl (C=O) groups is 2. The van der Waals surface area contributed by atoms with Crippen LogP contribution in [-0.4, -0.2) is 40.8 Å². The van der Waals surface area contributed by atoms with Gasteiger partial charge in [-0.25, -0.2) is 4.98 Å². The molecule has 0 fully saturated rings. The lowest BCUT2D eigenvalue weighted by Crippen LogP contribution is -2.42. The summed E-state index contributed by atoms with van der Waals surface area (Å²) in [6.07, 6.45) is 0. The second-order valence-electron chi connectivity index (χ2n) is 6.16. The quantitative estimate of drug-likeness (QED) is 0.328. The zero-order valence-electron chi connectivity index (χ0n) is 16.1. The number of rotatable bonds is 7. The lowest BCUT2D eigenvalue weighted by molar-refractivity contribution is -0.119. The molecule has 10 heteroatoms. The lowest BCUT2D eigenvalue weighted by Gasteiger charge is -2.13. The minimum absolute atomic E-state index is 0.0430. The Kier molecular flexibility index (Phi) is 7.45. The topological polar surface area (TPSA) is 102 Å². The Morgan fingerprint density at radius 3 is 2.60 bits per heavy atom. The first-order valence-corrected chi connectivity index (χ1v) is 10.3. The fraction of sp³-hybridized carbons (Fsp3) is 0.200. The summed E-state index contributed by atoms with van der Waals surface area (Å²) < 4.78 is 6.56. The van der Waals surface area contributed by atoms with Crippen LogP contribution in [0, 0.1) is 0 Å². The highest BCUT2D eigenvalue weighted by Crippen LogP contribution is 2.17. The maximum absolute atomic E-state index is 12.8. The second-order valence-corrected chi connectivity index (χ2v) is 7.54. The molecular weight excluding hydrogens is 428 g/mol. The molecular formula is C20H19ClN4O4S. The molecule has 1 heterocycles. The van der Waals surface area contributed by atoms with E-state index in [2.05, 4.69) is 15.8 Å². The van der Waals surface area contributed by atoms with E-state index in [-0.39, 0.29) is 11.3 Å². The lowest BCUT2D eigenvalue weighted by atomic mass is 10.2. The van der Waals surface area contributed by atoms with Crippen LogP contribution in [0.1, 0.15) is 10.4 Å². The first-order chi connectivity index (χ1) is 14.5. The third-order valence-corrected chi connectivity index (χ3v) is 5.33. The normalized spacial score (nSPS) is 10.7. The number of para-hydroxylation sites is 1. The molecule has 30 heavy (non-hydrogen) atoms. The number of methoxy groups -OCH3 is 1. The zero-order chi connectivity index (χ0) is 21.5. The van der Waals surface area contributed by atoms with Crippen LogP contribution in [0.4, 0.5) is 0 Å². The molecule has 0 aliphatic rings. The average molecular weight is 447 g/mol. The number of hydrazine groups is 1. The van der Waals surface area contributed by atoms with Crippen LogP contribution in [0.2, 0.25) is 5.02 Å². The highest BCUT2D eigenvalue weighted by atomic mass is 35.5. The van der Waals surface area contributed by atoms with Gasteiger partial charge in [0, 0.05) is 17.7 Å². The molecule has 0 radical (unpaired) electrons. The van der Waals surface area contributed by atoms with Crippen LogP contribution in [0.25, 0.3) is 10.9 Å². The van der Waals surface area contributed by atoms with Crippen LogP contribution in [-0.2, 0) is 16.1 Å². The predicted octanol–water partition coefficient (Wildman–Crippen LogP) is 2.25. The minimum atomic E-state index is -0.467. The van der Waals surface area contributed by atoms with Crippen molar-refractivity contribution in [3.05, 3.63) is 69.5 Å². The molecule has 0 bridgehead atoms. The first-order valence-electron chi connectivity index (χ1n) is 8.95. The third kappa shape index (κ3) is 5.38. The Morgan fingerprint density at radius 1 is 1.13 bits per heavy atom. The standard InChI is InChI=1S/C20H19ClN4O4S/c1-29-11-10-25-19(28)15-4-2-3-5-16(15)22-20(25)30-12-17(26)23-24-18(27)13-6-8-14(21)9-7-13/h2-9H,10-12H2,1H3,(H,23,26)(H,24,27). The molecule has 0 unspecified atom stereocenters. The van der Waals surface area contributed by atoms with Crippen LogP contribution in [0.5, 0.6) is 0 Å². The Morgan fingerprint density at radius 2 is 1.87 bits per heavy atom. The van der Waals surface area contributed by atoms with Crippen LogP contribution >= 0.6 is 23.4 Å². The molecule has 0 spiro atoms. The van der Waals surface area contributed by atoms with Crippen LogP contribution in [0.3, 0.4) is 0 Å². The molecule has 2 amide bonds. The van der Waals surface area contributed by atoms with Gasteiger partial charge in [0.05, 0.1) is 29.8 Å². The van der Waals surface area contributed by atoms with Crippen LogP contribution < -0.4 is 16.4 Å². The van der Waals surface area contributed by atoms with Crippen molar-refractivity contribution in [1.82, 2.24) is 20.4 Å². The maximum atomic E-state index is 12.8. The number of amides is 2. The fourth-order valence-corrected chi connectivity index (χ4v) is 3.55. The fourth-order valence-electron chi connectivity index (χ4n) is 2.60. The summed E-state index contributed by atoms with van der Waals surface area (Å²) in [4.78, 5) is 41.5. The van der Waals surface area contributed by atoms with E-state index in [9.17, 15) is 14.4 Å². The molecule has 0 aliphatic heterocycles. The molecule has 0 saturated heterocycles. The summed E-state index contributed by atoms with van der Waals surface area (Å²) in [5.41, 5.74) is 5.40. The summed E-state index contributed by atoms with van der Waals surface area (Å²) in [6.45, 7) is 0.640. The number of fused-ring (bicyclic) bond motifs is 1. The Hall–Kier alpha value is -2.88. The number of ether oxygens (including phenoxy) is 1. The molecule has 3 aromatic rings. The number of nitrogens with one attached hydrogen (secondary N) is 2. The van der Waals surface area contributed by atoms with E-state index in [1.165, 1.54) is 4.57 Å². The second kappa shape index (κ2) is 10.2. The van der Waals surface area contributed by atoms with Crippen molar-refractivity contribution in [2.24, 2.45) is 0 Å². The van der Waals surface area contributed by atoms with E-state index in [0.29, 0.717) is 39.8 Å². The van der Waals surface area contributed by atoms with Gasteiger partial charge in [-0.05, 0) is 36.4 Å². The number of aromatic nitrogens is 2. The van der Waals surface area contributed by atoms with Gasteiger partial charge in [0.2, 0.25) is 5.91 Å². The molecule has 0 saturated carbocycles. The Balaban J connectivity index is 1.66. The summed E-state index contributed by atoms with van der Waals surface area (Å²) in [6, 6.07) is 13.3. The monoisotopic (exact) mass is 446 g/mol. The van der Waals surface area contributed by atoms with Gasteiger partial charge in [0.1, 0.15) is 0 Å². The SMILES string of the molecule is COCCn1c(SCC(=O)NNC(=O)c2ccc(Cl)cc2)nc2ccccc2c1=O. The molecule has 0 atom stereocenters. The van der Waals surface area contributed by atoms with Gasteiger partial charge in [-0.15, -0.1) is 0 Å². The molecule has 156 valence electrons. The van der Waals surface area contributed by atoms with Crippen molar-refractivity contribution >= 4 is 46.1 Å². The predicted molar refractivity (Wildman–Crippen MR) is 116 cm³/mol. The first kappa shape index (κ1) is 21.8. The molecule has 1 aromatic heterocycles. The van der Waals surface area contributed by atoms with Crippen LogP contribution in [0.15, 0.2) is 58.5 Å². The number of benzene rings is 2. The number of thioether (sulfide) groups is 1. The van der Waals surface area contributed by atoms with Gasteiger partial charge in [0.15, 0.2) is 5.16 Å². The number of nitrogens with zero attached hydrogens (tertiary/aromatic N) is 2. The van der Waals surface area contributed by atoms with Crippen molar-refractivity contribution in [3.8, 4) is 0 Å². The summed E-state index contributed by atoms with van der Waals surface area (Å²) in [5.74, 6) is -0.951. The van der Waals surface area contributed by atoms with Gasteiger partial charge in [-0.3, -0.25) is 29.8 Å². The van der Waals surface area contributed by atoms with E-state index < -0.39 is 11.8 Å². The number of halogens is 1. The largest absolute Gasteiger partial charge is 0.383 e. The maximum Gasteiger partial charge on any atom is 0.269 e. The molecule has 0 aliphatic carbocycles. The van der Waals surface area contributed by atoms with Gasteiger partial charge in [-0.1, -0.05) is 35.5 Å². The molecule has 3 rings (SSSR count). The number of hydrogen-bond acceptors (Lipinski definition) is 6. The van der Waals surface area contributed by atoms with E-state index in [1.807, 2.05) is 0 Å². The third-order valence-electron chi connectivity index (χ3n) is 4.10. The Bertz CT molecular complexity index is 1120. The summed E-state index contributed by atoms with van der Waals surface area (Å²) in [5, 5.41) is 1.40. The molecule has 8 nitrogen and oxygen atoms in total. The summed E-state index contributed by atoms with van der Waals surface area (Å²) in [7, 11) is 1.54. The number of hydrogen-bond donors (Lipinski definition) is 2. The highest BCUT2D eigenvalue weighted by molar-refractivity contribution is 7.99.